The van der Waals surface area contributed by atoms with Crippen molar-refractivity contribution in [2.75, 3.05) is 11.9 Å². The highest BCUT2D eigenvalue weighted by Gasteiger charge is 2.27. The van der Waals surface area contributed by atoms with Crippen molar-refractivity contribution >= 4 is 58.7 Å². The summed E-state index contributed by atoms with van der Waals surface area (Å²) in [5, 5.41) is 6.76. The SMILES string of the molecule is Cc1ccc(NC(=O)COc2c(Cl)cc(C=C3C(=O)NC(=O)NC3=O)cc2Cl)cc1. The van der Waals surface area contributed by atoms with E-state index in [2.05, 4.69) is 5.32 Å². The number of urea groups is 1. The molecule has 1 aliphatic rings. The summed E-state index contributed by atoms with van der Waals surface area (Å²) < 4.78 is 5.43. The molecule has 1 heterocycles. The Morgan fingerprint density at radius 2 is 1.60 bits per heavy atom. The lowest BCUT2D eigenvalue weighted by Crippen LogP contribution is -2.51. The maximum atomic E-state index is 12.1. The molecule has 1 fully saturated rings. The smallest absolute Gasteiger partial charge is 0.328 e. The van der Waals surface area contributed by atoms with Crippen LogP contribution in [0.2, 0.25) is 10.0 Å². The number of amides is 5. The Hall–Kier alpha value is -3.36. The molecule has 30 heavy (non-hydrogen) atoms. The largest absolute Gasteiger partial charge is 0.481 e. The molecule has 8 nitrogen and oxygen atoms in total. The lowest BCUT2D eigenvalue weighted by Gasteiger charge is -2.14. The summed E-state index contributed by atoms with van der Waals surface area (Å²) in [6.45, 7) is 1.60. The third-order valence-electron chi connectivity index (χ3n) is 3.96. The minimum atomic E-state index is -0.897. The molecule has 0 aromatic heterocycles. The van der Waals surface area contributed by atoms with Gasteiger partial charge in [-0.05, 0) is 42.8 Å². The number of halogens is 2. The lowest BCUT2D eigenvalue weighted by atomic mass is 10.1. The molecule has 0 spiro atoms. The Kier molecular flexibility index (Phi) is 6.39. The summed E-state index contributed by atoms with van der Waals surface area (Å²) in [5.41, 5.74) is 1.73. The summed E-state index contributed by atoms with van der Waals surface area (Å²) in [7, 11) is 0. The van der Waals surface area contributed by atoms with E-state index < -0.39 is 23.8 Å². The number of barbiturate groups is 1. The van der Waals surface area contributed by atoms with Gasteiger partial charge in [0, 0.05) is 5.69 Å². The van der Waals surface area contributed by atoms with Crippen LogP contribution in [0.3, 0.4) is 0 Å². The number of hydrogen-bond donors (Lipinski definition) is 3. The topological polar surface area (TPSA) is 114 Å². The average Bonchev–Trinajstić information content (AvgIpc) is 2.66. The van der Waals surface area contributed by atoms with E-state index in [1.165, 1.54) is 18.2 Å². The zero-order chi connectivity index (χ0) is 21.8. The van der Waals surface area contributed by atoms with Crippen molar-refractivity contribution in [3.05, 3.63) is 63.1 Å². The van der Waals surface area contributed by atoms with Crippen LogP contribution in [0.1, 0.15) is 11.1 Å². The van der Waals surface area contributed by atoms with Crippen molar-refractivity contribution in [3.8, 4) is 5.75 Å². The minimum absolute atomic E-state index is 0.0742. The third-order valence-corrected chi connectivity index (χ3v) is 4.52. The standard InChI is InChI=1S/C20H15Cl2N3O5/c1-10-2-4-12(5-3-10)23-16(26)9-30-17-14(21)7-11(8-15(17)22)6-13-18(27)24-20(29)25-19(13)28/h2-8H,9H2,1H3,(H,23,26)(H2,24,25,27,28,29). The van der Waals surface area contributed by atoms with Gasteiger partial charge < -0.3 is 10.1 Å². The van der Waals surface area contributed by atoms with Crippen molar-refractivity contribution in [2.45, 2.75) is 6.92 Å². The first-order chi connectivity index (χ1) is 14.2. The Morgan fingerprint density at radius 3 is 2.17 bits per heavy atom. The van der Waals surface area contributed by atoms with E-state index in [0.29, 0.717) is 11.3 Å². The van der Waals surface area contributed by atoms with E-state index in [4.69, 9.17) is 27.9 Å². The zero-order valence-corrected chi connectivity index (χ0v) is 17.1. The molecule has 1 saturated heterocycles. The molecule has 3 rings (SSSR count). The summed E-state index contributed by atoms with van der Waals surface area (Å²) in [6, 6.07) is 9.17. The first-order valence-corrected chi connectivity index (χ1v) is 9.35. The van der Waals surface area contributed by atoms with Gasteiger partial charge in [-0.25, -0.2) is 4.79 Å². The number of rotatable bonds is 5. The maximum Gasteiger partial charge on any atom is 0.328 e. The van der Waals surface area contributed by atoms with Crippen LogP contribution in [-0.4, -0.2) is 30.4 Å². The number of carbonyl (C=O) groups is 4. The molecule has 1 aliphatic heterocycles. The second-order valence-electron chi connectivity index (χ2n) is 6.31. The number of carbonyl (C=O) groups excluding carboxylic acids is 4. The van der Waals surface area contributed by atoms with E-state index in [0.717, 1.165) is 5.56 Å². The Balaban J connectivity index is 1.70. The van der Waals surface area contributed by atoms with Crippen LogP contribution >= 0.6 is 23.2 Å². The van der Waals surface area contributed by atoms with Gasteiger partial charge in [0.2, 0.25) is 0 Å². The van der Waals surface area contributed by atoms with Crippen LogP contribution in [0.25, 0.3) is 6.08 Å². The van der Waals surface area contributed by atoms with Gasteiger partial charge in [-0.2, -0.15) is 0 Å². The molecule has 2 aromatic rings. The predicted octanol–water partition coefficient (Wildman–Crippen LogP) is 3.07. The van der Waals surface area contributed by atoms with Crippen molar-refractivity contribution in [1.29, 1.82) is 0 Å². The van der Waals surface area contributed by atoms with Crippen LogP contribution < -0.4 is 20.7 Å². The van der Waals surface area contributed by atoms with Crippen molar-refractivity contribution in [3.63, 3.8) is 0 Å². The Labute approximate surface area is 181 Å². The predicted molar refractivity (Wildman–Crippen MR) is 111 cm³/mol. The monoisotopic (exact) mass is 447 g/mol. The highest BCUT2D eigenvalue weighted by Crippen LogP contribution is 2.35. The molecule has 10 heteroatoms. The molecule has 2 aromatic carbocycles. The van der Waals surface area contributed by atoms with E-state index in [1.54, 1.807) is 12.1 Å². The van der Waals surface area contributed by atoms with Gasteiger partial charge in [0.15, 0.2) is 12.4 Å². The molecule has 0 bridgehead atoms. The number of hydrogen-bond acceptors (Lipinski definition) is 5. The molecule has 0 aliphatic carbocycles. The molecule has 3 N–H and O–H groups in total. The van der Waals surface area contributed by atoms with Crippen LogP contribution in [-0.2, 0) is 14.4 Å². The van der Waals surface area contributed by atoms with Crippen LogP contribution in [0.4, 0.5) is 10.5 Å². The molecule has 5 amide bonds. The molecule has 0 atom stereocenters. The summed E-state index contributed by atoms with van der Waals surface area (Å²) in [5.74, 6) is -2.02. The zero-order valence-electron chi connectivity index (χ0n) is 15.5. The van der Waals surface area contributed by atoms with Gasteiger partial charge in [-0.3, -0.25) is 25.0 Å². The number of nitrogens with one attached hydrogen (secondary N) is 3. The average molecular weight is 448 g/mol. The van der Waals surface area contributed by atoms with Crippen LogP contribution in [0, 0.1) is 6.92 Å². The third kappa shape index (κ3) is 5.16. The van der Waals surface area contributed by atoms with Crippen molar-refractivity contribution in [1.82, 2.24) is 10.6 Å². The first kappa shape index (κ1) is 21.4. The first-order valence-electron chi connectivity index (χ1n) is 8.59. The van der Waals surface area contributed by atoms with Crippen molar-refractivity contribution < 1.29 is 23.9 Å². The Morgan fingerprint density at radius 1 is 1.03 bits per heavy atom. The molecular weight excluding hydrogens is 433 g/mol. The fraction of sp³-hybridized carbons (Fsp3) is 0.100. The van der Waals surface area contributed by atoms with Gasteiger partial charge in [-0.15, -0.1) is 0 Å². The molecule has 0 unspecified atom stereocenters. The molecule has 0 radical (unpaired) electrons. The highest BCUT2D eigenvalue weighted by molar-refractivity contribution is 6.37. The fourth-order valence-corrected chi connectivity index (χ4v) is 3.16. The number of aryl methyl sites for hydroxylation is 1. The number of imide groups is 2. The normalized spacial score (nSPS) is 13.4. The molecule has 154 valence electrons. The van der Waals surface area contributed by atoms with Gasteiger partial charge in [-0.1, -0.05) is 40.9 Å². The van der Waals surface area contributed by atoms with Gasteiger partial charge in [0.25, 0.3) is 17.7 Å². The van der Waals surface area contributed by atoms with E-state index in [9.17, 15) is 19.2 Å². The van der Waals surface area contributed by atoms with Crippen LogP contribution in [0.15, 0.2) is 42.0 Å². The van der Waals surface area contributed by atoms with E-state index >= 15 is 0 Å². The molecular formula is C20H15Cl2N3O5. The van der Waals surface area contributed by atoms with Gasteiger partial charge in [0.05, 0.1) is 10.0 Å². The second kappa shape index (κ2) is 8.98. The Bertz CT molecular complexity index is 1040. The number of ether oxygens (including phenoxy) is 1. The second-order valence-corrected chi connectivity index (χ2v) is 7.13. The van der Waals surface area contributed by atoms with Gasteiger partial charge >= 0.3 is 6.03 Å². The summed E-state index contributed by atoms with van der Waals surface area (Å²) >= 11 is 12.4. The fourth-order valence-electron chi connectivity index (χ4n) is 2.55. The summed E-state index contributed by atoms with van der Waals surface area (Å²) in [4.78, 5) is 46.8. The van der Waals surface area contributed by atoms with Crippen molar-refractivity contribution in [2.24, 2.45) is 0 Å². The highest BCUT2D eigenvalue weighted by atomic mass is 35.5. The quantitative estimate of drug-likeness (QED) is 0.481. The number of benzene rings is 2. The maximum absolute atomic E-state index is 12.1. The molecule has 0 saturated carbocycles. The minimum Gasteiger partial charge on any atom is -0.481 e. The summed E-state index contributed by atoms with van der Waals surface area (Å²) in [6.07, 6.45) is 1.22. The van der Waals surface area contributed by atoms with E-state index in [1.807, 2.05) is 29.7 Å². The number of anilines is 1. The van der Waals surface area contributed by atoms with E-state index in [-0.39, 0.29) is 28.0 Å². The van der Waals surface area contributed by atoms with Crippen LogP contribution in [0.5, 0.6) is 5.75 Å². The van der Waals surface area contributed by atoms with Gasteiger partial charge in [0.1, 0.15) is 5.57 Å². The lowest BCUT2D eigenvalue weighted by molar-refractivity contribution is -0.124.